The Balaban J connectivity index is 0.00000280. The van der Waals surface area contributed by atoms with Crippen LogP contribution in [-0.4, -0.2) is 80.5 Å². The molecule has 1 N–H and O–H groups in total. The lowest BCUT2D eigenvalue weighted by Gasteiger charge is -2.36. The number of hydrogen-bond donors (Lipinski definition) is 1. The Kier molecular flexibility index (Phi) is 7.06. The second-order valence-electron chi connectivity index (χ2n) is 6.65. The number of halogens is 3. The summed E-state index contributed by atoms with van der Waals surface area (Å²) in [5, 5.41) is 2.58. The molecule has 1 aromatic rings. The van der Waals surface area contributed by atoms with Crippen molar-refractivity contribution in [1.29, 1.82) is 0 Å². The molecule has 3 rings (SSSR count). The van der Waals surface area contributed by atoms with Crippen LogP contribution in [0.3, 0.4) is 0 Å². The molecule has 0 aromatic heterocycles. The van der Waals surface area contributed by atoms with E-state index < -0.39 is 24.9 Å². The summed E-state index contributed by atoms with van der Waals surface area (Å²) in [5.41, 5.74) is 0.383. The number of benzene rings is 1. The van der Waals surface area contributed by atoms with E-state index in [2.05, 4.69) is 5.32 Å². The lowest BCUT2D eigenvalue weighted by Crippen LogP contribution is -2.54. The summed E-state index contributed by atoms with van der Waals surface area (Å²) in [7, 11) is 2.96. The molecule has 0 radical (unpaired) electrons. The van der Waals surface area contributed by atoms with Crippen LogP contribution >= 0.6 is 12.4 Å². The van der Waals surface area contributed by atoms with Crippen molar-refractivity contribution < 1.29 is 27.8 Å². The van der Waals surface area contributed by atoms with Gasteiger partial charge in [-0.05, 0) is 12.1 Å². The van der Waals surface area contributed by atoms with Crippen molar-refractivity contribution >= 4 is 24.2 Å². The van der Waals surface area contributed by atoms with Crippen molar-refractivity contribution in [2.45, 2.75) is 18.4 Å². The molecule has 2 saturated heterocycles. The fraction of sp³-hybridized carbons (Fsp3) is 0.556. The third-order valence-corrected chi connectivity index (χ3v) is 4.92. The molecule has 1 aromatic carbocycles. The monoisotopic (exact) mass is 419 g/mol. The topological polar surface area (TPSA) is 71.1 Å². The summed E-state index contributed by atoms with van der Waals surface area (Å²) in [6.07, 6.45) is -0.480. The Hall–Kier alpha value is -2.13. The first-order valence-electron chi connectivity index (χ1n) is 8.76. The number of hydrogen-bond acceptors (Lipinski definition) is 5. The molecule has 2 heterocycles. The van der Waals surface area contributed by atoms with E-state index in [1.807, 2.05) is 0 Å². The molecule has 2 fully saturated rings. The Morgan fingerprint density at radius 2 is 1.75 bits per heavy atom. The largest absolute Gasteiger partial charge is 0.493 e. The van der Waals surface area contributed by atoms with Gasteiger partial charge in [-0.15, -0.1) is 12.4 Å². The fourth-order valence-corrected chi connectivity index (χ4v) is 3.47. The van der Waals surface area contributed by atoms with E-state index in [0.29, 0.717) is 43.2 Å². The van der Waals surface area contributed by atoms with Crippen molar-refractivity contribution in [2.75, 3.05) is 46.9 Å². The van der Waals surface area contributed by atoms with E-state index in [-0.39, 0.29) is 24.2 Å². The number of methoxy groups -OCH3 is 2. The highest BCUT2D eigenvalue weighted by molar-refractivity contribution is 5.98. The molecule has 1 unspecified atom stereocenters. The Morgan fingerprint density at radius 3 is 2.29 bits per heavy atom. The van der Waals surface area contributed by atoms with Gasteiger partial charge in [0.05, 0.1) is 32.4 Å². The van der Waals surface area contributed by atoms with Crippen molar-refractivity contribution in [3.63, 3.8) is 0 Å². The normalized spacial score (nSPS) is 21.1. The summed E-state index contributed by atoms with van der Waals surface area (Å²) in [5.74, 6) is -2.57. The predicted molar refractivity (Wildman–Crippen MR) is 101 cm³/mol. The molecule has 1 atom stereocenters. The Labute approximate surface area is 168 Å². The SMILES string of the molecule is COc1cccc(C(=O)N2CCN(C(=O)C3CC(F)(F)CN3)CC2)c1OC.Cl. The molecule has 2 amide bonds. The molecule has 2 aliphatic heterocycles. The first-order valence-corrected chi connectivity index (χ1v) is 8.76. The van der Waals surface area contributed by atoms with Crippen molar-refractivity contribution in [3.05, 3.63) is 23.8 Å². The van der Waals surface area contributed by atoms with Gasteiger partial charge in [0.2, 0.25) is 5.91 Å². The summed E-state index contributed by atoms with van der Waals surface area (Å²) < 4.78 is 37.1. The first-order chi connectivity index (χ1) is 12.9. The molecule has 28 heavy (non-hydrogen) atoms. The van der Waals surface area contributed by atoms with E-state index in [9.17, 15) is 18.4 Å². The minimum absolute atomic E-state index is 0. The van der Waals surface area contributed by atoms with Gasteiger partial charge in [0.25, 0.3) is 11.8 Å². The van der Waals surface area contributed by atoms with Crippen LogP contribution in [-0.2, 0) is 4.79 Å². The molecule has 156 valence electrons. The highest BCUT2D eigenvalue weighted by Gasteiger charge is 2.44. The van der Waals surface area contributed by atoms with Gasteiger partial charge in [-0.1, -0.05) is 6.07 Å². The van der Waals surface area contributed by atoms with Gasteiger partial charge in [0.15, 0.2) is 11.5 Å². The number of para-hydroxylation sites is 1. The molecule has 0 bridgehead atoms. The number of nitrogens with zero attached hydrogens (tertiary/aromatic N) is 2. The van der Waals surface area contributed by atoms with E-state index in [1.54, 1.807) is 23.1 Å². The summed E-state index contributed by atoms with van der Waals surface area (Å²) in [6.45, 7) is 0.792. The standard InChI is InChI=1S/C18H23F2N3O4.ClH/c1-26-14-5-3-4-12(15(14)27-2)16(24)22-6-8-23(9-7-22)17(25)13-10-18(19,20)11-21-13;/h3-5,13,21H,6-11H2,1-2H3;1H. The number of piperazine rings is 1. The van der Waals surface area contributed by atoms with E-state index in [0.717, 1.165) is 0 Å². The van der Waals surface area contributed by atoms with E-state index in [4.69, 9.17) is 9.47 Å². The fourth-order valence-electron chi connectivity index (χ4n) is 3.47. The molecule has 0 saturated carbocycles. The zero-order valence-corrected chi connectivity index (χ0v) is 16.6. The summed E-state index contributed by atoms with van der Waals surface area (Å²) in [6, 6.07) is 4.21. The lowest BCUT2D eigenvalue weighted by molar-refractivity contribution is -0.135. The highest BCUT2D eigenvalue weighted by Crippen LogP contribution is 2.32. The first kappa shape index (κ1) is 22.2. The Morgan fingerprint density at radius 1 is 1.11 bits per heavy atom. The van der Waals surface area contributed by atoms with Crippen LogP contribution < -0.4 is 14.8 Å². The van der Waals surface area contributed by atoms with Crippen LogP contribution in [0.15, 0.2) is 18.2 Å². The molecule has 7 nitrogen and oxygen atoms in total. The van der Waals surface area contributed by atoms with Crippen LogP contribution in [0.25, 0.3) is 0 Å². The quantitative estimate of drug-likeness (QED) is 0.799. The third kappa shape index (κ3) is 4.47. The van der Waals surface area contributed by atoms with Crippen LogP contribution in [0.5, 0.6) is 11.5 Å². The predicted octanol–water partition coefficient (Wildman–Crippen LogP) is 1.41. The van der Waals surface area contributed by atoms with Gasteiger partial charge in [0, 0.05) is 32.6 Å². The van der Waals surface area contributed by atoms with Crippen LogP contribution in [0.1, 0.15) is 16.8 Å². The summed E-state index contributed by atoms with van der Waals surface area (Å²) in [4.78, 5) is 28.4. The molecule has 2 aliphatic rings. The van der Waals surface area contributed by atoms with Gasteiger partial charge in [0.1, 0.15) is 0 Å². The number of carbonyl (C=O) groups is 2. The minimum Gasteiger partial charge on any atom is -0.493 e. The maximum Gasteiger partial charge on any atom is 0.262 e. The Bertz CT molecular complexity index is 727. The molecule has 0 spiro atoms. The lowest BCUT2D eigenvalue weighted by atomic mass is 10.1. The number of nitrogens with one attached hydrogen (secondary N) is 1. The van der Waals surface area contributed by atoms with E-state index >= 15 is 0 Å². The highest BCUT2D eigenvalue weighted by atomic mass is 35.5. The van der Waals surface area contributed by atoms with Crippen LogP contribution in [0.2, 0.25) is 0 Å². The van der Waals surface area contributed by atoms with Crippen LogP contribution in [0, 0.1) is 0 Å². The zero-order valence-electron chi connectivity index (χ0n) is 15.7. The van der Waals surface area contributed by atoms with Gasteiger partial charge in [-0.3, -0.25) is 14.9 Å². The second kappa shape index (κ2) is 8.91. The average molecular weight is 420 g/mol. The summed E-state index contributed by atoms with van der Waals surface area (Å²) >= 11 is 0. The zero-order chi connectivity index (χ0) is 19.6. The molecule has 10 heteroatoms. The van der Waals surface area contributed by atoms with Gasteiger partial charge in [-0.25, -0.2) is 8.78 Å². The number of carbonyl (C=O) groups excluding carboxylic acids is 2. The van der Waals surface area contributed by atoms with Crippen molar-refractivity contribution in [1.82, 2.24) is 15.1 Å². The van der Waals surface area contributed by atoms with Gasteiger partial charge < -0.3 is 19.3 Å². The number of rotatable bonds is 4. The molecular formula is C18H24ClF2N3O4. The average Bonchev–Trinajstić information content (AvgIpc) is 3.05. The van der Waals surface area contributed by atoms with Crippen LogP contribution in [0.4, 0.5) is 8.78 Å². The van der Waals surface area contributed by atoms with Gasteiger partial charge >= 0.3 is 0 Å². The molecule has 0 aliphatic carbocycles. The van der Waals surface area contributed by atoms with Crippen molar-refractivity contribution in [3.8, 4) is 11.5 Å². The number of ether oxygens (including phenoxy) is 2. The smallest absolute Gasteiger partial charge is 0.262 e. The number of alkyl halides is 2. The minimum atomic E-state index is -2.85. The maximum atomic E-state index is 13.3. The molecular weight excluding hydrogens is 396 g/mol. The number of amides is 2. The second-order valence-corrected chi connectivity index (χ2v) is 6.65. The third-order valence-electron chi connectivity index (χ3n) is 4.92. The van der Waals surface area contributed by atoms with Gasteiger partial charge in [-0.2, -0.15) is 0 Å². The van der Waals surface area contributed by atoms with Crippen molar-refractivity contribution in [2.24, 2.45) is 0 Å². The van der Waals surface area contributed by atoms with E-state index in [1.165, 1.54) is 19.1 Å². The maximum absolute atomic E-state index is 13.3.